The largest absolute Gasteiger partial charge is 0.378 e. The fourth-order valence-electron chi connectivity index (χ4n) is 2.31. The van der Waals surface area contributed by atoms with Crippen LogP contribution in [0.2, 0.25) is 0 Å². The van der Waals surface area contributed by atoms with Gasteiger partial charge in [0.15, 0.2) is 0 Å². The van der Waals surface area contributed by atoms with Gasteiger partial charge in [0.2, 0.25) is 5.91 Å². The Morgan fingerprint density at radius 1 is 1.28 bits per heavy atom. The Morgan fingerprint density at radius 2 is 2.06 bits per heavy atom. The van der Waals surface area contributed by atoms with E-state index in [4.69, 9.17) is 4.74 Å². The highest BCUT2D eigenvalue weighted by Gasteiger charge is 2.22. The highest BCUT2D eigenvalue weighted by atomic mass is 16.5. The molecule has 1 aromatic rings. The van der Waals surface area contributed by atoms with Crippen LogP contribution in [0.1, 0.15) is 15.9 Å². The minimum Gasteiger partial charge on any atom is -0.378 e. The minimum absolute atomic E-state index is 0.0130. The number of nitrogens with zero attached hydrogens (tertiary/aromatic N) is 1. The summed E-state index contributed by atoms with van der Waals surface area (Å²) in [6, 6.07) is 5.38. The van der Waals surface area contributed by atoms with Crippen LogP contribution in [0.15, 0.2) is 18.2 Å². The Bertz CT molecular complexity index is 507. The van der Waals surface area contributed by atoms with Crippen LogP contribution in [0.4, 0.5) is 5.69 Å². The van der Waals surface area contributed by atoms with Crippen molar-refractivity contribution in [1.82, 2.24) is 4.90 Å². The van der Waals surface area contributed by atoms with Gasteiger partial charge in [-0.1, -0.05) is 0 Å². The van der Waals surface area contributed by atoms with E-state index in [0.29, 0.717) is 38.3 Å². The summed E-state index contributed by atoms with van der Waals surface area (Å²) in [5, 5.41) is 2.76. The summed E-state index contributed by atoms with van der Waals surface area (Å²) in [6.07, 6.45) is 0.361. The van der Waals surface area contributed by atoms with Crippen LogP contribution in [0, 0.1) is 0 Å². The van der Waals surface area contributed by atoms with E-state index in [9.17, 15) is 9.59 Å². The molecule has 2 heterocycles. The molecule has 0 saturated carbocycles. The highest BCUT2D eigenvalue weighted by molar-refractivity contribution is 6.01. The molecule has 0 aromatic heterocycles. The van der Waals surface area contributed by atoms with Crippen LogP contribution in [0.25, 0.3) is 0 Å². The van der Waals surface area contributed by atoms with E-state index in [2.05, 4.69) is 5.32 Å². The van der Waals surface area contributed by atoms with Crippen LogP contribution in [0.5, 0.6) is 0 Å². The molecule has 1 fully saturated rings. The number of benzene rings is 1. The number of rotatable bonds is 1. The highest BCUT2D eigenvalue weighted by Crippen LogP contribution is 2.24. The quantitative estimate of drug-likeness (QED) is 0.791. The van der Waals surface area contributed by atoms with E-state index in [0.717, 1.165) is 11.3 Å². The Hall–Kier alpha value is -1.88. The van der Waals surface area contributed by atoms with Gasteiger partial charge in [-0.2, -0.15) is 0 Å². The van der Waals surface area contributed by atoms with Crippen molar-refractivity contribution in [2.24, 2.45) is 0 Å². The predicted molar refractivity (Wildman–Crippen MR) is 65.5 cm³/mol. The van der Waals surface area contributed by atoms with Crippen LogP contribution in [-0.4, -0.2) is 43.0 Å². The second-order valence-corrected chi connectivity index (χ2v) is 4.50. The lowest BCUT2D eigenvalue weighted by Gasteiger charge is -2.27. The zero-order valence-corrected chi connectivity index (χ0v) is 9.94. The fourth-order valence-corrected chi connectivity index (χ4v) is 2.31. The second kappa shape index (κ2) is 4.42. The molecule has 0 atom stereocenters. The predicted octanol–water partition coefficient (Wildman–Crippen LogP) is 0.654. The van der Waals surface area contributed by atoms with Gasteiger partial charge >= 0.3 is 0 Å². The number of ether oxygens (including phenoxy) is 1. The number of anilines is 1. The summed E-state index contributed by atoms with van der Waals surface area (Å²) in [5.74, 6) is 0.00132. The summed E-state index contributed by atoms with van der Waals surface area (Å²) in [7, 11) is 0. The molecule has 0 spiro atoms. The fraction of sp³-hybridized carbons (Fsp3) is 0.385. The molecule has 0 radical (unpaired) electrons. The summed E-state index contributed by atoms with van der Waals surface area (Å²) in [4.78, 5) is 25.3. The molecular weight excluding hydrogens is 232 g/mol. The van der Waals surface area contributed by atoms with Crippen molar-refractivity contribution in [2.45, 2.75) is 6.42 Å². The maximum absolute atomic E-state index is 12.2. The molecule has 2 aliphatic heterocycles. The molecule has 2 aliphatic rings. The third-order valence-corrected chi connectivity index (χ3v) is 3.28. The number of morpholine rings is 1. The Morgan fingerprint density at radius 3 is 2.83 bits per heavy atom. The number of carbonyl (C=O) groups excluding carboxylic acids is 2. The van der Waals surface area contributed by atoms with Crippen LogP contribution in [0.3, 0.4) is 0 Å². The summed E-state index contributed by atoms with van der Waals surface area (Å²) < 4.78 is 5.23. The van der Waals surface area contributed by atoms with Crippen molar-refractivity contribution in [1.29, 1.82) is 0 Å². The first-order valence-electron chi connectivity index (χ1n) is 6.04. The maximum Gasteiger partial charge on any atom is 0.254 e. The lowest BCUT2D eigenvalue weighted by molar-refractivity contribution is -0.115. The number of carbonyl (C=O) groups is 2. The van der Waals surface area contributed by atoms with Gasteiger partial charge in [0.25, 0.3) is 5.91 Å². The van der Waals surface area contributed by atoms with Gasteiger partial charge < -0.3 is 15.0 Å². The number of hydrogen-bond donors (Lipinski definition) is 1. The lowest BCUT2D eigenvalue weighted by Crippen LogP contribution is -2.40. The normalized spacial score (nSPS) is 18.4. The third-order valence-electron chi connectivity index (χ3n) is 3.28. The van der Waals surface area contributed by atoms with E-state index in [1.807, 2.05) is 6.07 Å². The first-order chi connectivity index (χ1) is 8.74. The Kier molecular flexibility index (Phi) is 2.76. The minimum atomic E-state index is -0.0130. The maximum atomic E-state index is 12.2. The molecule has 1 N–H and O–H groups in total. The summed E-state index contributed by atoms with van der Waals surface area (Å²) in [6.45, 7) is 2.45. The van der Waals surface area contributed by atoms with E-state index in [1.54, 1.807) is 17.0 Å². The SMILES string of the molecule is O=C1Cc2cc(C(=O)N3CCOCC3)ccc2N1. The van der Waals surface area contributed by atoms with Gasteiger partial charge in [-0.15, -0.1) is 0 Å². The van der Waals surface area contributed by atoms with Gasteiger partial charge in [0.05, 0.1) is 19.6 Å². The van der Waals surface area contributed by atoms with Gasteiger partial charge in [-0.25, -0.2) is 0 Å². The lowest BCUT2D eigenvalue weighted by atomic mass is 10.1. The zero-order chi connectivity index (χ0) is 12.5. The molecule has 5 nitrogen and oxygen atoms in total. The molecule has 5 heteroatoms. The van der Waals surface area contributed by atoms with Crippen LogP contribution < -0.4 is 5.32 Å². The van der Waals surface area contributed by atoms with Crippen molar-refractivity contribution in [3.8, 4) is 0 Å². The van der Waals surface area contributed by atoms with E-state index < -0.39 is 0 Å². The number of fused-ring (bicyclic) bond motifs is 1. The summed E-state index contributed by atoms with van der Waals surface area (Å²) >= 11 is 0. The molecule has 94 valence electrons. The average molecular weight is 246 g/mol. The molecule has 0 unspecified atom stereocenters. The standard InChI is InChI=1S/C13H14N2O3/c16-12-8-10-7-9(1-2-11(10)14-12)13(17)15-3-5-18-6-4-15/h1-2,7H,3-6,8H2,(H,14,16). The second-order valence-electron chi connectivity index (χ2n) is 4.50. The van der Waals surface area contributed by atoms with Crippen molar-refractivity contribution >= 4 is 17.5 Å². The van der Waals surface area contributed by atoms with Gasteiger partial charge in [-0.3, -0.25) is 9.59 Å². The van der Waals surface area contributed by atoms with Crippen molar-refractivity contribution < 1.29 is 14.3 Å². The van der Waals surface area contributed by atoms with E-state index in [1.165, 1.54) is 0 Å². The van der Waals surface area contributed by atoms with Crippen LogP contribution in [-0.2, 0) is 16.0 Å². The van der Waals surface area contributed by atoms with Gasteiger partial charge in [0, 0.05) is 24.3 Å². The van der Waals surface area contributed by atoms with E-state index in [-0.39, 0.29) is 11.8 Å². The monoisotopic (exact) mass is 246 g/mol. The molecular formula is C13H14N2O3. The Labute approximate surface area is 105 Å². The number of nitrogens with one attached hydrogen (secondary N) is 1. The number of hydrogen-bond acceptors (Lipinski definition) is 3. The molecule has 18 heavy (non-hydrogen) atoms. The molecule has 0 aliphatic carbocycles. The smallest absolute Gasteiger partial charge is 0.254 e. The zero-order valence-electron chi connectivity index (χ0n) is 9.94. The number of amides is 2. The molecule has 1 aromatic carbocycles. The van der Waals surface area contributed by atoms with Gasteiger partial charge in [-0.05, 0) is 23.8 Å². The van der Waals surface area contributed by atoms with Gasteiger partial charge in [0.1, 0.15) is 0 Å². The van der Waals surface area contributed by atoms with Crippen molar-refractivity contribution in [3.05, 3.63) is 29.3 Å². The van der Waals surface area contributed by atoms with Crippen molar-refractivity contribution in [3.63, 3.8) is 0 Å². The first-order valence-corrected chi connectivity index (χ1v) is 6.04. The molecule has 3 rings (SSSR count). The topological polar surface area (TPSA) is 58.6 Å². The Balaban J connectivity index is 1.82. The molecule has 1 saturated heterocycles. The average Bonchev–Trinajstić information content (AvgIpc) is 2.78. The third kappa shape index (κ3) is 1.97. The summed E-state index contributed by atoms with van der Waals surface area (Å²) in [5.41, 5.74) is 2.37. The first kappa shape index (κ1) is 11.2. The van der Waals surface area contributed by atoms with Crippen molar-refractivity contribution in [2.75, 3.05) is 31.6 Å². The molecule has 2 amide bonds. The molecule has 0 bridgehead atoms. The van der Waals surface area contributed by atoms with E-state index >= 15 is 0 Å². The van der Waals surface area contributed by atoms with Crippen LogP contribution >= 0.6 is 0 Å².